The van der Waals surface area contributed by atoms with E-state index in [-0.39, 0.29) is 5.56 Å². The van der Waals surface area contributed by atoms with Gasteiger partial charge >= 0.3 is 0 Å². The van der Waals surface area contributed by atoms with Crippen LogP contribution in [0.4, 0.5) is 5.69 Å². The van der Waals surface area contributed by atoms with Gasteiger partial charge in [-0.3, -0.25) is 14.3 Å². The van der Waals surface area contributed by atoms with Crippen molar-refractivity contribution in [2.75, 3.05) is 44.2 Å². The minimum atomic E-state index is 0.00739. The molecule has 166 valence electrons. The van der Waals surface area contributed by atoms with Crippen molar-refractivity contribution in [2.45, 2.75) is 20.4 Å². The molecular formula is C25H29N5O2. The highest BCUT2D eigenvalue weighted by molar-refractivity contribution is 6.04. The Balaban J connectivity index is 1.28. The molecule has 5 rings (SSSR count). The second-order valence-corrected chi connectivity index (χ2v) is 8.24. The van der Waals surface area contributed by atoms with E-state index in [0.29, 0.717) is 18.7 Å². The number of aromatic nitrogens is 3. The molecule has 7 nitrogen and oxygen atoms in total. The lowest BCUT2D eigenvalue weighted by molar-refractivity contribution is 0.245. The summed E-state index contributed by atoms with van der Waals surface area (Å²) in [6, 6.07) is 16.2. The molecule has 0 radical (unpaired) electrons. The number of nitrogens with one attached hydrogen (secondary N) is 1. The molecule has 1 aliphatic rings. The van der Waals surface area contributed by atoms with E-state index in [9.17, 15) is 4.79 Å². The van der Waals surface area contributed by atoms with Crippen LogP contribution < -0.4 is 15.2 Å². The summed E-state index contributed by atoms with van der Waals surface area (Å²) in [7, 11) is 0. The number of piperazine rings is 1. The molecule has 0 saturated carbocycles. The van der Waals surface area contributed by atoms with Gasteiger partial charge in [-0.1, -0.05) is 30.3 Å². The predicted molar refractivity (Wildman–Crippen MR) is 129 cm³/mol. The molecule has 0 amide bonds. The van der Waals surface area contributed by atoms with Crippen molar-refractivity contribution in [2.24, 2.45) is 0 Å². The third-order valence-electron chi connectivity index (χ3n) is 6.32. The maximum absolute atomic E-state index is 13.2. The lowest BCUT2D eigenvalue weighted by atomic mass is 10.2. The number of hydrogen-bond acceptors (Lipinski definition) is 5. The maximum Gasteiger partial charge on any atom is 0.277 e. The third-order valence-corrected chi connectivity index (χ3v) is 6.32. The van der Waals surface area contributed by atoms with Crippen molar-refractivity contribution in [1.29, 1.82) is 0 Å². The van der Waals surface area contributed by atoms with Crippen molar-refractivity contribution < 1.29 is 4.74 Å². The third kappa shape index (κ3) is 3.73. The van der Waals surface area contributed by atoms with E-state index in [1.165, 1.54) is 0 Å². The van der Waals surface area contributed by atoms with Crippen LogP contribution in [0.15, 0.2) is 53.3 Å². The van der Waals surface area contributed by atoms with Gasteiger partial charge < -0.3 is 14.6 Å². The average molecular weight is 432 g/mol. The van der Waals surface area contributed by atoms with Crippen LogP contribution >= 0.6 is 0 Å². The van der Waals surface area contributed by atoms with Crippen LogP contribution in [0.3, 0.4) is 0 Å². The molecule has 1 aliphatic heterocycles. The van der Waals surface area contributed by atoms with Crippen molar-refractivity contribution in [1.82, 2.24) is 19.4 Å². The SMILES string of the molecule is CCOc1ccccc1N1CCN(CCn2c(C)nc3c([nH]c4ccccc43)c2=O)CC1. The summed E-state index contributed by atoms with van der Waals surface area (Å²) in [6.07, 6.45) is 0. The fourth-order valence-electron chi connectivity index (χ4n) is 4.62. The molecule has 0 bridgehead atoms. The van der Waals surface area contributed by atoms with Gasteiger partial charge in [-0.2, -0.15) is 0 Å². The first-order chi connectivity index (χ1) is 15.7. The smallest absolute Gasteiger partial charge is 0.277 e. The second-order valence-electron chi connectivity index (χ2n) is 8.24. The molecular weight excluding hydrogens is 402 g/mol. The molecule has 3 heterocycles. The van der Waals surface area contributed by atoms with Crippen LogP contribution in [0.5, 0.6) is 5.75 Å². The van der Waals surface area contributed by atoms with Gasteiger partial charge in [-0.15, -0.1) is 0 Å². The number of anilines is 1. The van der Waals surface area contributed by atoms with E-state index >= 15 is 0 Å². The number of aromatic amines is 1. The van der Waals surface area contributed by atoms with Gasteiger partial charge in [0, 0.05) is 50.2 Å². The highest BCUT2D eigenvalue weighted by Crippen LogP contribution is 2.28. The lowest BCUT2D eigenvalue weighted by Gasteiger charge is -2.36. The molecule has 0 aliphatic carbocycles. The summed E-state index contributed by atoms with van der Waals surface area (Å²) in [6.45, 7) is 9.86. The van der Waals surface area contributed by atoms with Crippen molar-refractivity contribution >= 4 is 27.6 Å². The van der Waals surface area contributed by atoms with E-state index in [4.69, 9.17) is 9.72 Å². The summed E-state index contributed by atoms with van der Waals surface area (Å²) < 4.78 is 7.60. The average Bonchev–Trinajstić information content (AvgIpc) is 3.19. The quantitative estimate of drug-likeness (QED) is 0.507. The minimum Gasteiger partial charge on any atom is -0.492 e. The first-order valence-corrected chi connectivity index (χ1v) is 11.3. The van der Waals surface area contributed by atoms with E-state index in [1.54, 1.807) is 4.57 Å². The van der Waals surface area contributed by atoms with Gasteiger partial charge in [0.2, 0.25) is 0 Å². The molecule has 1 saturated heterocycles. The second kappa shape index (κ2) is 8.67. The van der Waals surface area contributed by atoms with Crippen LogP contribution in [0.2, 0.25) is 0 Å². The number of aryl methyl sites for hydroxylation is 1. The summed E-state index contributed by atoms with van der Waals surface area (Å²) in [5, 5.41) is 0.998. The number of rotatable bonds is 6. The van der Waals surface area contributed by atoms with E-state index in [0.717, 1.165) is 66.4 Å². The van der Waals surface area contributed by atoms with Gasteiger partial charge in [-0.05, 0) is 32.0 Å². The van der Waals surface area contributed by atoms with Crippen LogP contribution in [0, 0.1) is 6.92 Å². The maximum atomic E-state index is 13.2. The number of H-pyrrole nitrogens is 1. The monoisotopic (exact) mass is 431 g/mol. The fourth-order valence-corrected chi connectivity index (χ4v) is 4.62. The van der Waals surface area contributed by atoms with Gasteiger partial charge in [-0.25, -0.2) is 4.98 Å². The molecule has 0 unspecified atom stereocenters. The Kier molecular flexibility index (Phi) is 5.57. The summed E-state index contributed by atoms with van der Waals surface area (Å²) in [5.74, 6) is 1.71. The van der Waals surface area contributed by atoms with Gasteiger partial charge in [0.15, 0.2) is 0 Å². The first kappa shape index (κ1) is 20.6. The summed E-state index contributed by atoms with van der Waals surface area (Å²) >= 11 is 0. The number of fused-ring (bicyclic) bond motifs is 3. The Morgan fingerprint density at radius 3 is 2.56 bits per heavy atom. The highest BCUT2D eigenvalue weighted by atomic mass is 16.5. The van der Waals surface area contributed by atoms with Crippen LogP contribution in [0.1, 0.15) is 12.7 Å². The molecule has 7 heteroatoms. The molecule has 1 N–H and O–H groups in total. The Hall–Kier alpha value is -3.32. The topological polar surface area (TPSA) is 66.4 Å². The van der Waals surface area contributed by atoms with Gasteiger partial charge in [0.05, 0.1) is 12.3 Å². The highest BCUT2D eigenvalue weighted by Gasteiger charge is 2.20. The lowest BCUT2D eigenvalue weighted by Crippen LogP contribution is -2.47. The standard InChI is InChI=1S/C25H29N5O2/c1-3-32-22-11-7-6-10-21(22)29-15-12-28(13-16-29)14-17-30-18(2)26-23-19-8-4-5-9-20(19)27-24(23)25(30)31/h4-11,27H,3,12-17H2,1-2H3. The van der Waals surface area contributed by atoms with Crippen LogP contribution in [-0.4, -0.2) is 58.8 Å². The number of nitrogens with zero attached hydrogens (tertiary/aromatic N) is 4. The minimum absolute atomic E-state index is 0.00739. The van der Waals surface area contributed by atoms with Gasteiger partial charge in [0.25, 0.3) is 5.56 Å². The van der Waals surface area contributed by atoms with E-state index in [2.05, 4.69) is 26.9 Å². The predicted octanol–water partition coefficient (Wildman–Crippen LogP) is 3.41. The number of hydrogen-bond donors (Lipinski definition) is 1. The Bertz CT molecular complexity index is 1300. The molecule has 0 atom stereocenters. The molecule has 32 heavy (non-hydrogen) atoms. The largest absolute Gasteiger partial charge is 0.492 e. The van der Waals surface area contributed by atoms with Gasteiger partial charge in [0.1, 0.15) is 22.6 Å². The number of para-hydroxylation sites is 3. The number of benzene rings is 2. The van der Waals surface area contributed by atoms with E-state index in [1.807, 2.05) is 50.2 Å². The molecule has 1 fully saturated rings. The van der Waals surface area contributed by atoms with Crippen LogP contribution in [-0.2, 0) is 6.54 Å². The summed E-state index contributed by atoms with van der Waals surface area (Å²) in [5.41, 5.74) is 3.48. The molecule has 4 aromatic rings. The summed E-state index contributed by atoms with van der Waals surface area (Å²) in [4.78, 5) is 26.0. The van der Waals surface area contributed by atoms with Crippen LogP contribution in [0.25, 0.3) is 21.9 Å². The fraction of sp³-hybridized carbons (Fsp3) is 0.360. The normalized spacial score (nSPS) is 15.0. The molecule has 0 spiro atoms. The number of ether oxygens (including phenoxy) is 1. The van der Waals surface area contributed by atoms with E-state index < -0.39 is 0 Å². The van der Waals surface area contributed by atoms with Crippen molar-refractivity contribution in [3.8, 4) is 5.75 Å². The van der Waals surface area contributed by atoms with Crippen molar-refractivity contribution in [3.05, 3.63) is 64.7 Å². The zero-order valence-corrected chi connectivity index (χ0v) is 18.7. The Morgan fingerprint density at radius 1 is 1.00 bits per heavy atom. The zero-order valence-electron chi connectivity index (χ0n) is 18.7. The Morgan fingerprint density at radius 2 is 1.75 bits per heavy atom. The Labute approximate surface area is 187 Å². The van der Waals surface area contributed by atoms with Crippen molar-refractivity contribution in [3.63, 3.8) is 0 Å². The zero-order chi connectivity index (χ0) is 22.1. The molecule has 2 aromatic heterocycles. The first-order valence-electron chi connectivity index (χ1n) is 11.3. The molecule has 2 aromatic carbocycles.